The minimum Gasteiger partial charge on any atom is -0.347 e. The van der Waals surface area contributed by atoms with Crippen molar-refractivity contribution in [3.05, 3.63) is 88.7 Å². The van der Waals surface area contributed by atoms with Crippen molar-refractivity contribution in [2.45, 2.75) is 56.8 Å². The smallest absolute Gasteiger partial charge is 0.243 e. The van der Waals surface area contributed by atoms with Gasteiger partial charge < -0.3 is 9.97 Å². The number of imidazole rings is 2. The molecular formula is C29H37N7O2S2. The number of piperidine rings is 2. The Kier molecular flexibility index (Phi) is 8.17. The Bertz CT molecular complexity index is 1390. The maximum Gasteiger partial charge on any atom is 0.243 e. The summed E-state index contributed by atoms with van der Waals surface area (Å²) < 4.78 is 28.6. The summed E-state index contributed by atoms with van der Waals surface area (Å²) in [5, 5.41) is 2.17. The lowest BCUT2D eigenvalue weighted by atomic mass is 9.72. The van der Waals surface area contributed by atoms with Gasteiger partial charge in [0, 0.05) is 49.3 Å². The number of hydrogen-bond donors (Lipinski definition) is 2. The maximum atomic E-state index is 13.6. The van der Waals surface area contributed by atoms with E-state index in [1.807, 2.05) is 23.5 Å². The molecule has 0 unspecified atom stereocenters. The second kappa shape index (κ2) is 12.0. The zero-order valence-corrected chi connectivity index (χ0v) is 24.3. The first-order valence-electron chi connectivity index (χ1n) is 14.0. The number of aromatic amines is 2. The molecule has 1 spiro atoms. The number of nitrogens with zero attached hydrogens (tertiary/aromatic N) is 5. The van der Waals surface area contributed by atoms with Crippen molar-refractivity contribution in [2.24, 2.45) is 5.41 Å². The molecule has 6 rings (SSSR count). The average molecular weight is 580 g/mol. The number of likely N-dealkylation sites (tertiary alicyclic amines) is 2. The molecule has 9 nitrogen and oxygen atoms in total. The van der Waals surface area contributed by atoms with E-state index < -0.39 is 10.0 Å². The lowest BCUT2D eigenvalue weighted by Gasteiger charge is -2.47. The van der Waals surface area contributed by atoms with Gasteiger partial charge in [0.15, 0.2) is 0 Å². The quantitative estimate of drug-likeness (QED) is 0.288. The van der Waals surface area contributed by atoms with E-state index in [-0.39, 0.29) is 18.0 Å². The predicted molar refractivity (Wildman–Crippen MR) is 156 cm³/mol. The van der Waals surface area contributed by atoms with Crippen LogP contribution >= 0.6 is 11.3 Å². The van der Waals surface area contributed by atoms with Gasteiger partial charge >= 0.3 is 0 Å². The van der Waals surface area contributed by atoms with Crippen molar-refractivity contribution in [1.82, 2.24) is 34.0 Å². The van der Waals surface area contributed by atoms with Crippen LogP contribution in [0.25, 0.3) is 0 Å². The summed E-state index contributed by atoms with van der Waals surface area (Å²) in [4.78, 5) is 21.4. The lowest BCUT2D eigenvalue weighted by Crippen LogP contribution is -2.49. The molecule has 0 aliphatic carbocycles. The molecular weight excluding hydrogens is 543 g/mol. The second-order valence-corrected chi connectivity index (χ2v) is 14.1. The Labute approximate surface area is 240 Å². The number of H-pyrrole nitrogens is 2. The number of nitrogens with one attached hydrogen (secondary N) is 2. The summed E-state index contributed by atoms with van der Waals surface area (Å²) in [5.74, 6) is 1.17. The van der Waals surface area contributed by atoms with Crippen LogP contribution in [0.2, 0.25) is 0 Å². The molecule has 2 fully saturated rings. The molecule has 2 aliphatic heterocycles. The predicted octanol–water partition coefficient (Wildman–Crippen LogP) is 4.46. The third kappa shape index (κ3) is 6.39. The maximum absolute atomic E-state index is 13.6. The molecule has 0 atom stereocenters. The van der Waals surface area contributed by atoms with Crippen LogP contribution in [0.15, 0.2) is 71.5 Å². The van der Waals surface area contributed by atoms with Gasteiger partial charge in [-0.05, 0) is 79.9 Å². The average Bonchev–Trinajstić information content (AvgIpc) is 3.76. The van der Waals surface area contributed by atoms with Crippen molar-refractivity contribution in [3.63, 3.8) is 0 Å². The van der Waals surface area contributed by atoms with Crippen LogP contribution in [0.5, 0.6) is 0 Å². The topological polar surface area (TPSA) is 101 Å². The van der Waals surface area contributed by atoms with Crippen LogP contribution in [-0.2, 0) is 36.2 Å². The number of sulfonamides is 1. The highest BCUT2D eigenvalue weighted by Gasteiger charge is 2.38. The van der Waals surface area contributed by atoms with E-state index in [1.54, 1.807) is 36.9 Å². The van der Waals surface area contributed by atoms with Gasteiger partial charge in [-0.25, -0.2) is 18.4 Å². The van der Waals surface area contributed by atoms with Crippen LogP contribution in [0.3, 0.4) is 0 Å². The third-order valence-corrected chi connectivity index (χ3v) is 11.0. The van der Waals surface area contributed by atoms with Crippen molar-refractivity contribution >= 4 is 21.4 Å². The Balaban J connectivity index is 1.07. The van der Waals surface area contributed by atoms with Gasteiger partial charge in [0.2, 0.25) is 10.0 Å². The van der Waals surface area contributed by atoms with E-state index in [1.165, 1.54) is 48.0 Å². The van der Waals surface area contributed by atoms with Gasteiger partial charge in [-0.2, -0.15) is 4.31 Å². The summed E-state index contributed by atoms with van der Waals surface area (Å²) in [6, 6.07) is 11.8. The summed E-state index contributed by atoms with van der Waals surface area (Å²) >= 11 is 1.86. The zero-order chi connectivity index (χ0) is 27.4. The van der Waals surface area contributed by atoms with E-state index in [9.17, 15) is 8.42 Å². The Hall–Kier alpha value is -2.83. The first-order valence-corrected chi connectivity index (χ1v) is 16.3. The molecule has 5 heterocycles. The number of benzene rings is 1. The molecule has 40 heavy (non-hydrogen) atoms. The largest absolute Gasteiger partial charge is 0.347 e. The third-order valence-electron chi connectivity index (χ3n) is 8.35. The molecule has 2 N–H and O–H groups in total. The standard InChI is InChI=1S/C29H37N7O2S2/c37-40(38,36(21-27-30-11-12-31-27)22-28-32-13-14-33-28)26-6-4-24(5-7-26)19-34-16-9-29(10-17-34)8-2-15-35(23-29)20-25-3-1-18-39-25/h1,3-7,11-14,18H,2,8-10,15-17,19-23H2,(H,30,31)(H,32,33). The molecule has 0 bridgehead atoms. The van der Waals surface area contributed by atoms with Crippen molar-refractivity contribution in [2.75, 3.05) is 26.2 Å². The van der Waals surface area contributed by atoms with Crippen molar-refractivity contribution < 1.29 is 8.42 Å². The number of thiophene rings is 1. The van der Waals surface area contributed by atoms with E-state index in [0.717, 1.165) is 31.7 Å². The monoisotopic (exact) mass is 579 g/mol. The number of hydrogen-bond acceptors (Lipinski definition) is 7. The highest BCUT2D eigenvalue weighted by Crippen LogP contribution is 2.40. The van der Waals surface area contributed by atoms with Gasteiger partial charge in [-0.3, -0.25) is 9.80 Å². The molecule has 0 saturated carbocycles. The van der Waals surface area contributed by atoms with Crippen LogP contribution in [-0.4, -0.2) is 68.6 Å². The van der Waals surface area contributed by atoms with Crippen LogP contribution in [0.4, 0.5) is 0 Å². The minimum atomic E-state index is -3.75. The molecule has 212 valence electrons. The molecule has 0 radical (unpaired) electrons. The van der Waals surface area contributed by atoms with Crippen LogP contribution < -0.4 is 0 Å². The van der Waals surface area contributed by atoms with Gasteiger partial charge in [0.05, 0.1) is 18.0 Å². The molecule has 0 amide bonds. The molecule has 3 aromatic heterocycles. The number of aromatic nitrogens is 4. The molecule has 1 aromatic carbocycles. The van der Waals surface area contributed by atoms with E-state index in [0.29, 0.717) is 17.1 Å². The lowest BCUT2D eigenvalue weighted by molar-refractivity contribution is 0.0189. The van der Waals surface area contributed by atoms with Gasteiger partial charge in [0.1, 0.15) is 11.6 Å². The highest BCUT2D eigenvalue weighted by molar-refractivity contribution is 7.89. The molecule has 4 aromatic rings. The second-order valence-electron chi connectivity index (χ2n) is 11.2. The first-order chi connectivity index (χ1) is 19.5. The van der Waals surface area contributed by atoms with E-state index in [2.05, 4.69) is 47.2 Å². The summed E-state index contributed by atoms with van der Waals surface area (Å²) in [6.45, 7) is 6.80. The van der Waals surface area contributed by atoms with Crippen LogP contribution in [0, 0.1) is 5.41 Å². The molecule has 2 aliphatic rings. The molecule has 2 saturated heterocycles. The fraction of sp³-hybridized carbons (Fsp3) is 0.448. The minimum absolute atomic E-state index is 0.137. The van der Waals surface area contributed by atoms with E-state index >= 15 is 0 Å². The normalized spacial score (nSPS) is 18.5. The van der Waals surface area contributed by atoms with Crippen LogP contribution in [0.1, 0.15) is 47.8 Å². The fourth-order valence-electron chi connectivity index (χ4n) is 6.16. The SMILES string of the molecule is O=S(=O)(c1ccc(CN2CCC3(CCCN(Cc4cccs4)C3)CC2)cc1)N(Cc1ncc[nH]1)Cc1ncc[nH]1. The Morgan fingerprint density at radius 1 is 0.875 bits per heavy atom. The van der Waals surface area contributed by atoms with Gasteiger partial charge in [-0.1, -0.05) is 18.2 Å². The van der Waals surface area contributed by atoms with Gasteiger partial charge in [-0.15, -0.1) is 11.3 Å². The number of rotatable bonds is 10. The summed E-state index contributed by atoms with van der Waals surface area (Å²) in [7, 11) is -3.75. The first kappa shape index (κ1) is 27.3. The zero-order valence-electron chi connectivity index (χ0n) is 22.7. The fourth-order valence-corrected chi connectivity index (χ4v) is 8.27. The molecule has 11 heteroatoms. The Morgan fingerprint density at radius 2 is 1.57 bits per heavy atom. The Morgan fingerprint density at radius 3 is 2.17 bits per heavy atom. The van der Waals surface area contributed by atoms with Crippen molar-refractivity contribution in [1.29, 1.82) is 0 Å². The summed E-state index contributed by atoms with van der Waals surface area (Å²) in [6.07, 6.45) is 11.7. The van der Waals surface area contributed by atoms with Gasteiger partial charge in [0.25, 0.3) is 0 Å². The van der Waals surface area contributed by atoms with E-state index in [4.69, 9.17) is 0 Å². The summed E-state index contributed by atoms with van der Waals surface area (Å²) in [5.41, 5.74) is 1.58. The highest BCUT2D eigenvalue weighted by atomic mass is 32.2. The van der Waals surface area contributed by atoms with Crippen molar-refractivity contribution in [3.8, 4) is 0 Å².